The third-order valence-corrected chi connectivity index (χ3v) is 4.13. The van der Waals surface area contributed by atoms with Gasteiger partial charge in [-0.2, -0.15) is 0 Å². The van der Waals surface area contributed by atoms with Crippen LogP contribution in [0.5, 0.6) is 0 Å². The molecule has 0 aromatic heterocycles. The van der Waals surface area contributed by atoms with Crippen molar-refractivity contribution in [3.8, 4) is 0 Å². The van der Waals surface area contributed by atoms with Crippen molar-refractivity contribution >= 4 is 9.84 Å². The first-order chi connectivity index (χ1) is 6.97. The van der Waals surface area contributed by atoms with Crippen molar-refractivity contribution in [2.45, 2.75) is 45.1 Å². The van der Waals surface area contributed by atoms with Crippen molar-refractivity contribution in [1.82, 2.24) is 5.32 Å². The Morgan fingerprint density at radius 2 is 1.93 bits per heavy atom. The number of sulfone groups is 1. The molecule has 15 heavy (non-hydrogen) atoms. The molecule has 0 spiro atoms. The Kier molecular flexibility index (Phi) is 5.06. The highest BCUT2D eigenvalue weighted by molar-refractivity contribution is 7.90. The Balaban J connectivity index is 2.10. The fourth-order valence-corrected chi connectivity index (χ4v) is 2.86. The lowest BCUT2D eigenvalue weighted by Gasteiger charge is -2.16. The smallest absolute Gasteiger partial charge is 0.147 e. The molecule has 1 rings (SSSR count). The molecule has 1 atom stereocenters. The lowest BCUT2D eigenvalue weighted by molar-refractivity contribution is 0.439. The summed E-state index contributed by atoms with van der Waals surface area (Å²) < 4.78 is 21.9. The Bertz CT molecular complexity index is 268. The summed E-state index contributed by atoms with van der Waals surface area (Å²) in [5.74, 6) is 1.12. The first-order valence-electron chi connectivity index (χ1n) is 5.88. The van der Waals surface area contributed by atoms with Crippen LogP contribution >= 0.6 is 0 Å². The molecule has 0 heterocycles. The van der Waals surface area contributed by atoms with Crippen LogP contribution in [0.2, 0.25) is 0 Å². The van der Waals surface area contributed by atoms with Crippen LogP contribution in [0, 0.1) is 5.92 Å². The van der Waals surface area contributed by atoms with E-state index in [4.69, 9.17) is 0 Å². The Hall–Kier alpha value is -0.0900. The maximum atomic E-state index is 11.0. The molecular formula is C11H23NO2S. The van der Waals surface area contributed by atoms with Crippen molar-refractivity contribution in [3.63, 3.8) is 0 Å². The molecule has 0 bridgehead atoms. The molecule has 90 valence electrons. The van der Waals surface area contributed by atoms with Crippen LogP contribution < -0.4 is 5.32 Å². The van der Waals surface area contributed by atoms with Gasteiger partial charge in [-0.15, -0.1) is 0 Å². The van der Waals surface area contributed by atoms with Crippen molar-refractivity contribution in [2.24, 2.45) is 5.92 Å². The maximum Gasteiger partial charge on any atom is 0.147 e. The van der Waals surface area contributed by atoms with Gasteiger partial charge in [0.1, 0.15) is 9.84 Å². The number of rotatable bonds is 6. The highest BCUT2D eigenvalue weighted by Crippen LogP contribution is 2.23. The van der Waals surface area contributed by atoms with Crippen LogP contribution in [0.1, 0.15) is 39.0 Å². The van der Waals surface area contributed by atoms with Gasteiger partial charge < -0.3 is 5.32 Å². The maximum absolute atomic E-state index is 11.0. The Labute approximate surface area is 93.6 Å². The zero-order chi connectivity index (χ0) is 11.3. The van der Waals surface area contributed by atoms with Crippen LogP contribution in [0.4, 0.5) is 0 Å². The topological polar surface area (TPSA) is 46.2 Å². The van der Waals surface area contributed by atoms with Crippen LogP contribution in [-0.2, 0) is 9.84 Å². The summed E-state index contributed by atoms with van der Waals surface area (Å²) in [7, 11) is -2.80. The molecule has 1 saturated carbocycles. The average Bonchev–Trinajstić information content (AvgIpc) is 2.62. The molecule has 3 nitrogen and oxygen atoms in total. The van der Waals surface area contributed by atoms with Gasteiger partial charge in [-0.25, -0.2) is 8.42 Å². The van der Waals surface area contributed by atoms with Crippen molar-refractivity contribution in [3.05, 3.63) is 0 Å². The zero-order valence-electron chi connectivity index (χ0n) is 9.83. The van der Waals surface area contributed by atoms with Crippen molar-refractivity contribution < 1.29 is 8.42 Å². The molecule has 0 amide bonds. The van der Waals surface area contributed by atoms with E-state index < -0.39 is 9.84 Å². The highest BCUT2D eigenvalue weighted by Gasteiger charge is 2.15. The standard InChI is InChI=1S/C11H23NO2S/c1-10(7-8-15(2,13)14)12-9-11-5-3-4-6-11/h10-12H,3-9H2,1-2H3. The van der Waals surface area contributed by atoms with Crippen LogP contribution in [0.15, 0.2) is 0 Å². The van der Waals surface area contributed by atoms with Crippen LogP contribution in [0.25, 0.3) is 0 Å². The normalized spacial score (nSPS) is 20.7. The molecule has 0 aliphatic heterocycles. The van der Waals surface area contributed by atoms with Gasteiger partial charge in [0, 0.05) is 12.3 Å². The number of hydrogen-bond acceptors (Lipinski definition) is 3. The molecule has 1 aliphatic carbocycles. The molecule has 0 aromatic rings. The molecule has 1 aliphatic rings. The van der Waals surface area contributed by atoms with E-state index in [1.165, 1.54) is 31.9 Å². The number of hydrogen-bond donors (Lipinski definition) is 1. The molecule has 4 heteroatoms. The van der Waals surface area contributed by atoms with E-state index in [-0.39, 0.29) is 0 Å². The predicted molar refractivity (Wildman–Crippen MR) is 63.8 cm³/mol. The van der Waals surface area contributed by atoms with E-state index in [1.807, 2.05) is 0 Å². The number of nitrogens with one attached hydrogen (secondary N) is 1. The molecule has 0 aromatic carbocycles. The highest BCUT2D eigenvalue weighted by atomic mass is 32.2. The van der Waals surface area contributed by atoms with Crippen molar-refractivity contribution in [2.75, 3.05) is 18.6 Å². The second kappa shape index (κ2) is 5.85. The van der Waals surface area contributed by atoms with Gasteiger partial charge in [-0.3, -0.25) is 0 Å². The fourth-order valence-electron chi connectivity index (χ4n) is 2.08. The summed E-state index contributed by atoms with van der Waals surface area (Å²) in [6, 6.07) is 0.320. The SMILES string of the molecule is CC(CCS(C)(=O)=O)NCC1CCCC1. The molecule has 1 unspecified atom stereocenters. The average molecular weight is 233 g/mol. The van der Waals surface area contributed by atoms with Gasteiger partial charge in [0.15, 0.2) is 0 Å². The fraction of sp³-hybridized carbons (Fsp3) is 1.00. The molecule has 1 fully saturated rings. The van der Waals surface area contributed by atoms with E-state index >= 15 is 0 Å². The summed E-state index contributed by atoms with van der Waals surface area (Å²) in [5.41, 5.74) is 0. The lowest BCUT2D eigenvalue weighted by Crippen LogP contribution is -2.31. The molecular weight excluding hydrogens is 210 g/mol. The summed E-state index contributed by atoms with van der Waals surface area (Å²) in [5, 5.41) is 3.43. The second-order valence-electron chi connectivity index (χ2n) is 4.88. The summed E-state index contributed by atoms with van der Waals surface area (Å²) in [6.45, 7) is 3.13. The Morgan fingerprint density at radius 3 is 2.47 bits per heavy atom. The minimum Gasteiger partial charge on any atom is -0.314 e. The van der Waals surface area contributed by atoms with Gasteiger partial charge in [0.05, 0.1) is 5.75 Å². The van der Waals surface area contributed by atoms with Gasteiger partial charge in [-0.05, 0) is 38.6 Å². The lowest BCUT2D eigenvalue weighted by atomic mass is 10.1. The first-order valence-corrected chi connectivity index (χ1v) is 7.94. The zero-order valence-corrected chi connectivity index (χ0v) is 10.6. The summed E-state index contributed by atoms with van der Waals surface area (Å²) >= 11 is 0. The molecule has 0 radical (unpaired) electrons. The van der Waals surface area contributed by atoms with E-state index in [1.54, 1.807) is 0 Å². The van der Waals surface area contributed by atoms with Gasteiger partial charge in [-0.1, -0.05) is 12.8 Å². The minimum atomic E-state index is -2.80. The second-order valence-corrected chi connectivity index (χ2v) is 7.14. The summed E-state index contributed by atoms with van der Waals surface area (Å²) in [4.78, 5) is 0. The first kappa shape index (κ1) is 13.0. The third-order valence-electron chi connectivity index (χ3n) is 3.15. The van der Waals surface area contributed by atoms with E-state index in [9.17, 15) is 8.42 Å². The predicted octanol–water partition coefficient (Wildman–Crippen LogP) is 1.59. The van der Waals surface area contributed by atoms with Crippen LogP contribution in [0.3, 0.4) is 0 Å². The molecule has 1 N–H and O–H groups in total. The minimum absolute atomic E-state index is 0.297. The Morgan fingerprint density at radius 1 is 1.33 bits per heavy atom. The molecule has 0 saturated heterocycles. The van der Waals surface area contributed by atoms with Gasteiger partial charge >= 0.3 is 0 Å². The quantitative estimate of drug-likeness (QED) is 0.758. The van der Waals surface area contributed by atoms with E-state index in [2.05, 4.69) is 12.2 Å². The van der Waals surface area contributed by atoms with E-state index in [0.717, 1.165) is 18.9 Å². The van der Waals surface area contributed by atoms with Crippen LogP contribution in [-0.4, -0.2) is 33.0 Å². The summed E-state index contributed by atoms with van der Waals surface area (Å²) in [6.07, 6.45) is 7.44. The third kappa shape index (κ3) is 6.15. The van der Waals surface area contributed by atoms with Crippen molar-refractivity contribution in [1.29, 1.82) is 0 Å². The van der Waals surface area contributed by atoms with E-state index in [0.29, 0.717) is 11.8 Å². The van der Waals surface area contributed by atoms with Gasteiger partial charge in [0.2, 0.25) is 0 Å². The van der Waals surface area contributed by atoms with Gasteiger partial charge in [0.25, 0.3) is 0 Å². The monoisotopic (exact) mass is 233 g/mol. The largest absolute Gasteiger partial charge is 0.314 e.